The van der Waals surface area contributed by atoms with Crippen LogP contribution in [0.5, 0.6) is 0 Å². The lowest BCUT2D eigenvalue weighted by Gasteiger charge is -2.26. The van der Waals surface area contributed by atoms with Crippen molar-refractivity contribution in [1.82, 2.24) is 4.98 Å². The number of nitriles is 1. The Kier molecular flexibility index (Phi) is 2.71. The number of hydrogen-bond acceptors (Lipinski definition) is 4. The molecule has 2 fully saturated rings. The van der Waals surface area contributed by atoms with Crippen LogP contribution in [0.3, 0.4) is 0 Å². The molecule has 1 N–H and O–H groups in total. The van der Waals surface area contributed by atoms with E-state index >= 15 is 0 Å². The molecular formula is C14H17N3O. The molecule has 1 aromatic rings. The summed E-state index contributed by atoms with van der Waals surface area (Å²) in [5.74, 6) is 1.45. The van der Waals surface area contributed by atoms with Crippen LogP contribution in [0.2, 0.25) is 0 Å². The van der Waals surface area contributed by atoms with Crippen molar-refractivity contribution in [3.8, 4) is 6.07 Å². The Balaban J connectivity index is 1.85. The van der Waals surface area contributed by atoms with E-state index in [0.717, 1.165) is 25.3 Å². The molecule has 2 aliphatic rings. The summed E-state index contributed by atoms with van der Waals surface area (Å²) in [5, 5.41) is 18.6. The summed E-state index contributed by atoms with van der Waals surface area (Å²) in [5.41, 5.74) is 0.722. The fourth-order valence-corrected chi connectivity index (χ4v) is 3.51. The van der Waals surface area contributed by atoms with Crippen molar-refractivity contribution in [2.45, 2.75) is 19.3 Å². The van der Waals surface area contributed by atoms with Crippen LogP contribution in [0, 0.1) is 22.7 Å². The lowest BCUT2D eigenvalue weighted by atomic mass is 9.82. The summed E-state index contributed by atoms with van der Waals surface area (Å²) in [4.78, 5) is 6.58. The van der Waals surface area contributed by atoms with Gasteiger partial charge in [0.25, 0.3) is 0 Å². The monoisotopic (exact) mass is 243 g/mol. The molecule has 2 atom stereocenters. The smallest absolute Gasteiger partial charge is 0.129 e. The minimum absolute atomic E-state index is 0.0737. The highest BCUT2D eigenvalue weighted by atomic mass is 16.3. The molecule has 1 aromatic heterocycles. The van der Waals surface area contributed by atoms with Crippen LogP contribution in [-0.4, -0.2) is 29.8 Å². The van der Waals surface area contributed by atoms with E-state index in [1.807, 2.05) is 6.07 Å². The summed E-state index contributed by atoms with van der Waals surface area (Å²) >= 11 is 0. The second kappa shape index (κ2) is 4.25. The van der Waals surface area contributed by atoms with E-state index in [-0.39, 0.29) is 12.0 Å². The van der Waals surface area contributed by atoms with Gasteiger partial charge in [0.1, 0.15) is 5.82 Å². The van der Waals surface area contributed by atoms with E-state index in [1.54, 1.807) is 12.3 Å². The summed E-state index contributed by atoms with van der Waals surface area (Å²) in [6.07, 6.45) is 5.23. The summed E-state index contributed by atoms with van der Waals surface area (Å²) < 4.78 is 0. The van der Waals surface area contributed by atoms with Gasteiger partial charge in [-0.05, 0) is 30.9 Å². The van der Waals surface area contributed by atoms with Gasteiger partial charge in [0.2, 0.25) is 0 Å². The average Bonchev–Trinajstić information content (AvgIpc) is 2.95. The van der Waals surface area contributed by atoms with Crippen LogP contribution >= 0.6 is 0 Å². The SMILES string of the molecule is N#Cc1ccnc(N2CC3CCCC3(CO)C2)c1. The van der Waals surface area contributed by atoms with Crippen molar-refractivity contribution in [3.63, 3.8) is 0 Å². The topological polar surface area (TPSA) is 60.2 Å². The number of rotatable bonds is 2. The minimum atomic E-state index is 0.0737. The van der Waals surface area contributed by atoms with Crippen molar-refractivity contribution < 1.29 is 5.11 Å². The molecule has 0 aromatic carbocycles. The molecule has 0 amide bonds. The Morgan fingerprint density at radius 2 is 2.50 bits per heavy atom. The Hall–Kier alpha value is -1.60. The lowest BCUT2D eigenvalue weighted by Crippen LogP contribution is -2.31. The van der Waals surface area contributed by atoms with Crippen molar-refractivity contribution in [2.24, 2.45) is 11.3 Å². The maximum absolute atomic E-state index is 9.69. The highest BCUT2D eigenvalue weighted by Gasteiger charge is 2.49. The van der Waals surface area contributed by atoms with E-state index < -0.39 is 0 Å². The van der Waals surface area contributed by atoms with Crippen LogP contribution < -0.4 is 4.90 Å². The Labute approximate surface area is 107 Å². The molecule has 1 aliphatic heterocycles. The fraction of sp³-hybridized carbons (Fsp3) is 0.571. The molecule has 18 heavy (non-hydrogen) atoms. The Bertz CT molecular complexity index is 496. The quantitative estimate of drug-likeness (QED) is 0.856. The van der Waals surface area contributed by atoms with Gasteiger partial charge in [0, 0.05) is 24.7 Å². The molecule has 2 unspecified atom stereocenters. The standard InChI is InChI=1S/C14H17N3O/c15-7-11-3-5-16-13(6-11)17-8-12-2-1-4-14(12,9-17)10-18/h3,5-6,12,18H,1-2,4,8-10H2. The van der Waals surface area contributed by atoms with E-state index in [2.05, 4.69) is 16.0 Å². The summed E-state index contributed by atoms with van der Waals surface area (Å²) in [6.45, 7) is 2.10. The molecule has 0 bridgehead atoms. The molecule has 4 heteroatoms. The first-order valence-corrected chi connectivity index (χ1v) is 6.49. The first-order valence-electron chi connectivity index (χ1n) is 6.49. The number of nitrogens with zero attached hydrogens (tertiary/aromatic N) is 3. The number of aliphatic hydroxyl groups excluding tert-OH is 1. The third-order valence-corrected chi connectivity index (χ3v) is 4.55. The van der Waals surface area contributed by atoms with Crippen molar-refractivity contribution >= 4 is 5.82 Å². The maximum atomic E-state index is 9.69. The van der Waals surface area contributed by atoms with Gasteiger partial charge in [0.15, 0.2) is 0 Å². The highest BCUT2D eigenvalue weighted by molar-refractivity contribution is 5.46. The number of aliphatic hydroxyl groups is 1. The minimum Gasteiger partial charge on any atom is -0.396 e. The highest BCUT2D eigenvalue weighted by Crippen LogP contribution is 2.48. The van der Waals surface area contributed by atoms with Gasteiger partial charge < -0.3 is 10.0 Å². The van der Waals surface area contributed by atoms with Crippen LogP contribution in [0.15, 0.2) is 18.3 Å². The van der Waals surface area contributed by atoms with E-state index in [1.165, 1.54) is 12.8 Å². The first kappa shape index (κ1) is 11.5. The third kappa shape index (κ3) is 1.67. The molecule has 3 rings (SSSR count). The number of fused-ring (bicyclic) bond motifs is 1. The second-order valence-corrected chi connectivity index (χ2v) is 5.50. The molecular weight excluding hydrogens is 226 g/mol. The molecule has 2 heterocycles. The van der Waals surface area contributed by atoms with E-state index in [9.17, 15) is 5.11 Å². The largest absolute Gasteiger partial charge is 0.396 e. The second-order valence-electron chi connectivity index (χ2n) is 5.50. The molecule has 1 saturated carbocycles. The Morgan fingerprint density at radius 3 is 3.22 bits per heavy atom. The fourth-order valence-electron chi connectivity index (χ4n) is 3.51. The van der Waals surface area contributed by atoms with Crippen molar-refractivity contribution in [1.29, 1.82) is 5.26 Å². The van der Waals surface area contributed by atoms with Crippen LogP contribution in [0.4, 0.5) is 5.82 Å². The number of hydrogen-bond donors (Lipinski definition) is 1. The van der Waals surface area contributed by atoms with Gasteiger partial charge in [-0.1, -0.05) is 6.42 Å². The number of anilines is 1. The zero-order chi connectivity index (χ0) is 12.6. The van der Waals surface area contributed by atoms with Crippen LogP contribution in [-0.2, 0) is 0 Å². The molecule has 1 saturated heterocycles. The zero-order valence-electron chi connectivity index (χ0n) is 10.3. The number of aromatic nitrogens is 1. The van der Waals surface area contributed by atoms with Gasteiger partial charge in [-0.2, -0.15) is 5.26 Å². The van der Waals surface area contributed by atoms with Crippen LogP contribution in [0.25, 0.3) is 0 Å². The first-order chi connectivity index (χ1) is 8.77. The van der Waals surface area contributed by atoms with Gasteiger partial charge in [-0.3, -0.25) is 0 Å². The summed E-state index contributed by atoms with van der Waals surface area (Å²) in [6, 6.07) is 5.71. The van der Waals surface area contributed by atoms with Crippen molar-refractivity contribution in [2.75, 3.05) is 24.6 Å². The van der Waals surface area contributed by atoms with Crippen molar-refractivity contribution in [3.05, 3.63) is 23.9 Å². The molecule has 0 spiro atoms. The van der Waals surface area contributed by atoms with Gasteiger partial charge >= 0.3 is 0 Å². The molecule has 94 valence electrons. The Morgan fingerprint density at radius 1 is 1.61 bits per heavy atom. The van der Waals surface area contributed by atoms with E-state index in [0.29, 0.717) is 11.5 Å². The number of pyridine rings is 1. The van der Waals surface area contributed by atoms with E-state index in [4.69, 9.17) is 5.26 Å². The molecule has 4 nitrogen and oxygen atoms in total. The predicted molar refractivity (Wildman–Crippen MR) is 68.0 cm³/mol. The predicted octanol–water partition coefficient (Wildman–Crippen LogP) is 1.55. The molecule has 0 radical (unpaired) electrons. The summed E-state index contributed by atoms with van der Waals surface area (Å²) in [7, 11) is 0. The average molecular weight is 243 g/mol. The zero-order valence-corrected chi connectivity index (χ0v) is 10.3. The maximum Gasteiger partial charge on any atom is 0.129 e. The lowest BCUT2D eigenvalue weighted by molar-refractivity contribution is 0.121. The normalized spacial score (nSPS) is 30.2. The third-order valence-electron chi connectivity index (χ3n) is 4.55. The van der Waals surface area contributed by atoms with Gasteiger partial charge in [-0.15, -0.1) is 0 Å². The molecule has 1 aliphatic carbocycles. The van der Waals surface area contributed by atoms with Crippen LogP contribution in [0.1, 0.15) is 24.8 Å². The van der Waals surface area contributed by atoms with Gasteiger partial charge in [0.05, 0.1) is 18.2 Å². The van der Waals surface area contributed by atoms with Gasteiger partial charge in [-0.25, -0.2) is 4.98 Å².